The summed E-state index contributed by atoms with van der Waals surface area (Å²) < 4.78 is 5.68. The zero-order chi connectivity index (χ0) is 15.4. The molecule has 22 heavy (non-hydrogen) atoms. The number of carbonyl (C=O) groups is 1. The van der Waals surface area contributed by atoms with E-state index in [0.29, 0.717) is 12.1 Å². The zero-order valence-corrected chi connectivity index (χ0v) is 13.4. The molecule has 3 rings (SSSR count). The number of rotatable bonds is 3. The molecule has 2 atom stereocenters. The van der Waals surface area contributed by atoms with Crippen molar-refractivity contribution in [3.63, 3.8) is 0 Å². The fraction of sp³-hybridized carbons (Fsp3) is 0.611. The van der Waals surface area contributed by atoms with Gasteiger partial charge in [-0.25, -0.2) is 0 Å². The standard InChI is InChI=1S/C18H26N2O2/c1-22-17-10-6-5-9-16(17)19-11-13-20(14-12-19)18(21)15-7-3-2-4-8-15/h2-4,7-8,16-17H,5-6,9-14H2,1H3/t16-,17+/m0/s1. The van der Waals surface area contributed by atoms with Crippen LogP contribution >= 0.6 is 0 Å². The summed E-state index contributed by atoms with van der Waals surface area (Å²) in [5.74, 6) is 0.159. The summed E-state index contributed by atoms with van der Waals surface area (Å²) in [5.41, 5.74) is 0.795. The number of benzene rings is 1. The molecule has 1 saturated carbocycles. The van der Waals surface area contributed by atoms with Crippen molar-refractivity contribution in [3.8, 4) is 0 Å². The molecule has 1 amide bonds. The Balaban J connectivity index is 1.57. The molecule has 1 aromatic carbocycles. The van der Waals surface area contributed by atoms with Crippen LogP contribution in [0.1, 0.15) is 36.0 Å². The number of hydrogen-bond donors (Lipinski definition) is 0. The number of amides is 1. The van der Waals surface area contributed by atoms with Gasteiger partial charge in [-0.3, -0.25) is 9.69 Å². The van der Waals surface area contributed by atoms with E-state index >= 15 is 0 Å². The van der Waals surface area contributed by atoms with Gasteiger partial charge in [0.05, 0.1) is 6.10 Å². The Morgan fingerprint density at radius 1 is 1.05 bits per heavy atom. The van der Waals surface area contributed by atoms with Gasteiger partial charge in [0, 0.05) is 44.9 Å². The number of nitrogens with zero attached hydrogens (tertiary/aromatic N) is 2. The molecule has 4 nitrogen and oxygen atoms in total. The van der Waals surface area contributed by atoms with Gasteiger partial charge in [-0.1, -0.05) is 31.0 Å². The monoisotopic (exact) mass is 302 g/mol. The molecule has 4 heteroatoms. The van der Waals surface area contributed by atoms with E-state index in [1.54, 1.807) is 0 Å². The van der Waals surface area contributed by atoms with Gasteiger partial charge >= 0.3 is 0 Å². The number of methoxy groups -OCH3 is 1. The van der Waals surface area contributed by atoms with Crippen LogP contribution in [0.25, 0.3) is 0 Å². The predicted molar refractivity (Wildman–Crippen MR) is 87.0 cm³/mol. The summed E-state index contributed by atoms with van der Waals surface area (Å²) >= 11 is 0. The van der Waals surface area contributed by atoms with E-state index in [2.05, 4.69) is 4.90 Å². The SMILES string of the molecule is CO[C@@H]1CCCC[C@@H]1N1CCN(C(=O)c2ccccc2)CC1. The molecule has 0 radical (unpaired) electrons. The lowest BCUT2D eigenvalue weighted by Gasteiger charge is -2.43. The van der Waals surface area contributed by atoms with Crippen LogP contribution in [0.2, 0.25) is 0 Å². The predicted octanol–water partition coefficient (Wildman–Crippen LogP) is 2.40. The van der Waals surface area contributed by atoms with Crippen molar-refractivity contribution in [2.75, 3.05) is 33.3 Å². The molecule has 1 aliphatic carbocycles. The summed E-state index contributed by atoms with van der Waals surface area (Å²) in [6, 6.07) is 10.1. The molecule has 0 bridgehead atoms. The minimum atomic E-state index is 0.159. The van der Waals surface area contributed by atoms with Crippen LogP contribution in [0.4, 0.5) is 0 Å². The van der Waals surface area contributed by atoms with Gasteiger partial charge in [-0.15, -0.1) is 0 Å². The fourth-order valence-corrected chi connectivity index (χ4v) is 3.79. The van der Waals surface area contributed by atoms with Crippen molar-refractivity contribution in [2.24, 2.45) is 0 Å². The molecule has 0 N–H and O–H groups in total. The topological polar surface area (TPSA) is 32.8 Å². The number of piperazine rings is 1. The van der Waals surface area contributed by atoms with E-state index in [0.717, 1.165) is 31.7 Å². The Bertz CT molecular complexity index is 483. The lowest BCUT2D eigenvalue weighted by atomic mass is 9.90. The van der Waals surface area contributed by atoms with Gasteiger partial charge in [-0.05, 0) is 25.0 Å². The van der Waals surface area contributed by atoms with Crippen LogP contribution < -0.4 is 0 Å². The number of carbonyl (C=O) groups excluding carboxylic acids is 1. The molecule has 0 unspecified atom stereocenters. The highest BCUT2D eigenvalue weighted by Crippen LogP contribution is 2.26. The normalized spacial score (nSPS) is 26.9. The maximum Gasteiger partial charge on any atom is 0.253 e. The summed E-state index contributed by atoms with van der Waals surface area (Å²) in [6.07, 6.45) is 5.34. The molecule has 0 aromatic heterocycles. The van der Waals surface area contributed by atoms with Crippen LogP contribution in [-0.4, -0.2) is 61.1 Å². The highest BCUT2D eigenvalue weighted by Gasteiger charge is 2.33. The van der Waals surface area contributed by atoms with Gasteiger partial charge in [0.2, 0.25) is 0 Å². The zero-order valence-electron chi connectivity index (χ0n) is 13.4. The third-order valence-electron chi connectivity index (χ3n) is 5.06. The Morgan fingerprint density at radius 3 is 2.41 bits per heavy atom. The largest absolute Gasteiger partial charge is 0.380 e. The fourth-order valence-electron chi connectivity index (χ4n) is 3.79. The van der Waals surface area contributed by atoms with Crippen LogP contribution in [0, 0.1) is 0 Å². The molecule has 1 saturated heterocycles. The Hall–Kier alpha value is -1.39. The summed E-state index contributed by atoms with van der Waals surface area (Å²) in [4.78, 5) is 17.0. The first kappa shape index (κ1) is 15.5. The highest BCUT2D eigenvalue weighted by molar-refractivity contribution is 5.94. The molecule has 120 valence electrons. The van der Waals surface area contributed by atoms with E-state index < -0.39 is 0 Å². The maximum atomic E-state index is 12.5. The molecular weight excluding hydrogens is 276 g/mol. The maximum absolute atomic E-state index is 12.5. The second kappa shape index (κ2) is 7.25. The molecule has 2 fully saturated rings. The molecule has 1 heterocycles. The first-order valence-corrected chi connectivity index (χ1v) is 8.41. The second-order valence-corrected chi connectivity index (χ2v) is 6.32. The molecule has 2 aliphatic rings. The Morgan fingerprint density at radius 2 is 1.73 bits per heavy atom. The van der Waals surface area contributed by atoms with E-state index in [1.165, 1.54) is 25.7 Å². The van der Waals surface area contributed by atoms with Crippen molar-refractivity contribution in [3.05, 3.63) is 35.9 Å². The first-order valence-electron chi connectivity index (χ1n) is 8.41. The summed E-state index contributed by atoms with van der Waals surface area (Å²) in [6.45, 7) is 3.56. The van der Waals surface area contributed by atoms with Gasteiger partial charge in [0.15, 0.2) is 0 Å². The van der Waals surface area contributed by atoms with Crippen molar-refractivity contribution in [1.29, 1.82) is 0 Å². The summed E-state index contributed by atoms with van der Waals surface area (Å²) in [5, 5.41) is 0. The lowest BCUT2D eigenvalue weighted by molar-refractivity contribution is -0.0249. The van der Waals surface area contributed by atoms with Gasteiger partial charge in [-0.2, -0.15) is 0 Å². The second-order valence-electron chi connectivity index (χ2n) is 6.32. The van der Waals surface area contributed by atoms with Crippen LogP contribution in [0.5, 0.6) is 0 Å². The third-order valence-corrected chi connectivity index (χ3v) is 5.06. The minimum Gasteiger partial charge on any atom is -0.380 e. The third kappa shape index (κ3) is 3.33. The Kier molecular flexibility index (Phi) is 5.11. The molecule has 1 aromatic rings. The highest BCUT2D eigenvalue weighted by atomic mass is 16.5. The van der Waals surface area contributed by atoms with E-state index in [9.17, 15) is 4.79 Å². The first-order chi connectivity index (χ1) is 10.8. The van der Waals surface area contributed by atoms with Gasteiger partial charge in [0.25, 0.3) is 5.91 Å². The molecular formula is C18H26N2O2. The smallest absolute Gasteiger partial charge is 0.253 e. The average Bonchev–Trinajstić information content (AvgIpc) is 2.62. The van der Waals surface area contributed by atoms with Gasteiger partial charge in [0.1, 0.15) is 0 Å². The quantitative estimate of drug-likeness (QED) is 0.859. The van der Waals surface area contributed by atoms with E-state index in [4.69, 9.17) is 4.74 Å². The van der Waals surface area contributed by atoms with Crippen LogP contribution in [0.3, 0.4) is 0 Å². The van der Waals surface area contributed by atoms with Crippen molar-refractivity contribution < 1.29 is 9.53 Å². The van der Waals surface area contributed by atoms with E-state index in [1.807, 2.05) is 42.3 Å². The van der Waals surface area contributed by atoms with Crippen LogP contribution in [0.15, 0.2) is 30.3 Å². The van der Waals surface area contributed by atoms with Crippen molar-refractivity contribution >= 4 is 5.91 Å². The molecule has 1 aliphatic heterocycles. The average molecular weight is 302 g/mol. The summed E-state index contributed by atoms with van der Waals surface area (Å²) in [7, 11) is 1.83. The van der Waals surface area contributed by atoms with Crippen molar-refractivity contribution in [1.82, 2.24) is 9.80 Å². The lowest BCUT2D eigenvalue weighted by Crippen LogP contribution is -2.55. The van der Waals surface area contributed by atoms with Crippen LogP contribution in [-0.2, 0) is 4.74 Å². The van der Waals surface area contributed by atoms with Crippen molar-refractivity contribution in [2.45, 2.75) is 37.8 Å². The number of hydrogen-bond acceptors (Lipinski definition) is 3. The Labute approximate surface area is 133 Å². The molecule has 0 spiro atoms. The van der Waals surface area contributed by atoms with Gasteiger partial charge < -0.3 is 9.64 Å². The number of ether oxygens (including phenoxy) is 1. The minimum absolute atomic E-state index is 0.159. The van der Waals surface area contributed by atoms with E-state index in [-0.39, 0.29) is 5.91 Å².